The molecule has 8 nitrogen and oxygen atoms in total. The molecule has 0 saturated heterocycles. The minimum absolute atomic E-state index is 0.00897. The van der Waals surface area contributed by atoms with Gasteiger partial charge in [-0.3, -0.25) is 10.1 Å². The van der Waals surface area contributed by atoms with E-state index < -0.39 is 12.0 Å². The highest BCUT2D eigenvalue weighted by atomic mass is 16.5. The Morgan fingerprint density at radius 1 is 1.18 bits per heavy atom. The molecule has 2 fully saturated rings. The third-order valence-corrected chi connectivity index (χ3v) is 6.56. The number of carbonyl (C=O) groups excluding carboxylic acids is 1. The first kappa shape index (κ1) is 23.1. The molecule has 0 bridgehead atoms. The predicted octanol–water partition coefficient (Wildman–Crippen LogP) is 5.61. The second-order valence-electron chi connectivity index (χ2n) is 9.81. The summed E-state index contributed by atoms with van der Waals surface area (Å²) >= 11 is 0. The van der Waals surface area contributed by atoms with Gasteiger partial charge in [0.05, 0.1) is 23.0 Å². The fraction of sp³-hybridized carbons (Fsp3) is 0.560. The Bertz CT molecular complexity index is 996. The van der Waals surface area contributed by atoms with Crippen molar-refractivity contribution in [2.45, 2.75) is 71.3 Å². The number of nitrogens with one attached hydrogen (secondary N) is 2. The molecule has 3 N–H and O–H groups in total. The lowest BCUT2D eigenvalue weighted by molar-refractivity contribution is -0.138. The molecule has 2 atom stereocenters. The number of aromatic nitrogens is 1. The highest BCUT2D eigenvalue weighted by Crippen LogP contribution is 2.49. The van der Waals surface area contributed by atoms with Crippen molar-refractivity contribution in [2.24, 2.45) is 11.8 Å². The highest BCUT2D eigenvalue weighted by Gasteiger charge is 2.44. The lowest BCUT2D eigenvalue weighted by atomic mass is 9.92. The summed E-state index contributed by atoms with van der Waals surface area (Å²) < 4.78 is 5.11. The summed E-state index contributed by atoms with van der Waals surface area (Å²) in [4.78, 5) is 26.7. The average Bonchev–Trinajstić information content (AvgIpc) is 3.49. The van der Waals surface area contributed by atoms with Gasteiger partial charge in [-0.2, -0.15) is 0 Å². The number of amides is 2. The van der Waals surface area contributed by atoms with Crippen molar-refractivity contribution >= 4 is 29.3 Å². The van der Waals surface area contributed by atoms with Crippen molar-refractivity contribution < 1.29 is 19.2 Å². The quantitative estimate of drug-likeness (QED) is 0.478. The third kappa shape index (κ3) is 5.67. The number of urea groups is 1. The molecule has 0 spiro atoms. The van der Waals surface area contributed by atoms with Gasteiger partial charge in [-0.25, -0.2) is 4.79 Å². The Morgan fingerprint density at radius 3 is 2.55 bits per heavy atom. The van der Waals surface area contributed by atoms with Crippen LogP contribution in [0.2, 0.25) is 0 Å². The molecular formula is C25H34N4O4. The van der Waals surface area contributed by atoms with Gasteiger partial charge in [0.15, 0.2) is 0 Å². The summed E-state index contributed by atoms with van der Waals surface area (Å²) in [5.74, 6) is -0.377. The molecule has 1 aromatic carbocycles. The summed E-state index contributed by atoms with van der Waals surface area (Å²) in [6, 6.07) is 7.71. The lowest BCUT2D eigenvalue weighted by Crippen LogP contribution is -2.40. The van der Waals surface area contributed by atoms with Crippen LogP contribution in [0.1, 0.15) is 69.5 Å². The van der Waals surface area contributed by atoms with Crippen molar-refractivity contribution in [3.63, 3.8) is 0 Å². The summed E-state index contributed by atoms with van der Waals surface area (Å²) in [6.45, 7) is 7.09. The Balaban J connectivity index is 1.63. The molecular weight excluding hydrogens is 420 g/mol. The van der Waals surface area contributed by atoms with E-state index in [2.05, 4.69) is 40.6 Å². The van der Waals surface area contributed by atoms with Gasteiger partial charge in [-0.05, 0) is 55.7 Å². The van der Waals surface area contributed by atoms with Crippen LogP contribution in [-0.4, -0.2) is 34.9 Å². The monoisotopic (exact) mass is 454 g/mol. The standard InChI is InChI=1S/C25H34N4O4/c1-15(2)14-29(18-7-5-4-6-8-18)22-10-9-17(19-13-20(19)24(30)31)12-21(22)26-25(32)27-23-11-16(3)28-33-23/h9-12,15,18-20H,4-8,13-14H2,1-3H3,(H,30,31)(H2,26,27,32)/t19?,20-/m1/s1. The van der Waals surface area contributed by atoms with Gasteiger partial charge in [-0.15, -0.1) is 0 Å². The van der Waals surface area contributed by atoms with Crippen LogP contribution in [0, 0.1) is 18.8 Å². The van der Waals surface area contributed by atoms with Crippen LogP contribution in [0.3, 0.4) is 0 Å². The molecule has 178 valence electrons. The van der Waals surface area contributed by atoms with Crippen LogP contribution >= 0.6 is 0 Å². The van der Waals surface area contributed by atoms with Crippen molar-refractivity contribution in [1.29, 1.82) is 0 Å². The summed E-state index contributed by atoms with van der Waals surface area (Å²) in [7, 11) is 0. The van der Waals surface area contributed by atoms with Gasteiger partial charge >= 0.3 is 12.0 Å². The van der Waals surface area contributed by atoms with Crippen LogP contribution in [0.4, 0.5) is 22.1 Å². The van der Waals surface area contributed by atoms with Crippen molar-refractivity contribution in [2.75, 3.05) is 22.1 Å². The molecule has 2 amide bonds. The van der Waals surface area contributed by atoms with E-state index in [0.29, 0.717) is 29.8 Å². The summed E-state index contributed by atoms with van der Waals surface area (Å²) in [5, 5.41) is 18.9. The van der Waals surface area contributed by atoms with E-state index in [-0.39, 0.29) is 17.7 Å². The molecule has 2 saturated carbocycles. The van der Waals surface area contributed by atoms with Crippen molar-refractivity contribution in [1.82, 2.24) is 5.16 Å². The van der Waals surface area contributed by atoms with Gasteiger partial charge in [0.1, 0.15) is 0 Å². The smallest absolute Gasteiger partial charge is 0.326 e. The SMILES string of the molecule is Cc1cc(NC(=O)Nc2cc(C3C[C@H]3C(=O)O)ccc2N(CC(C)C)C2CCCCC2)on1. The van der Waals surface area contributed by atoms with Gasteiger partial charge in [0, 0.05) is 18.7 Å². The van der Waals surface area contributed by atoms with Gasteiger partial charge < -0.3 is 19.8 Å². The zero-order chi connectivity index (χ0) is 23.5. The number of aliphatic carboxylic acids is 1. The van der Waals surface area contributed by atoms with E-state index in [4.69, 9.17) is 4.52 Å². The van der Waals surface area contributed by atoms with E-state index in [1.54, 1.807) is 13.0 Å². The van der Waals surface area contributed by atoms with Gasteiger partial charge in [0.25, 0.3) is 0 Å². The van der Waals surface area contributed by atoms with Crippen LogP contribution in [-0.2, 0) is 4.79 Å². The lowest BCUT2D eigenvalue weighted by Gasteiger charge is -2.38. The largest absolute Gasteiger partial charge is 0.481 e. The third-order valence-electron chi connectivity index (χ3n) is 6.56. The van der Waals surface area contributed by atoms with Crippen molar-refractivity contribution in [3.8, 4) is 0 Å². The van der Waals surface area contributed by atoms with Crippen LogP contribution in [0.25, 0.3) is 0 Å². The predicted molar refractivity (Wildman–Crippen MR) is 128 cm³/mol. The van der Waals surface area contributed by atoms with Crippen LogP contribution in [0.15, 0.2) is 28.8 Å². The maximum Gasteiger partial charge on any atom is 0.326 e. The number of aryl methyl sites for hydroxylation is 1. The maximum atomic E-state index is 12.8. The molecule has 0 aliphatic heterocycles. The van der Waals surface area contributed by atoms with E-state index in [9.17, 15) is 14.7 Å². The molecule has 0 radical (unpaired) electrons. The normalized spacial score (nSPS) is 20.5. The minimum atomic E-state index is -0.763. The average molecular weight is 455 g/mol. The number of carboxylic acid groups (broad SMARTS) is 1. The topological polar surface area (TPSA) is 108 Å². The molecule has 1 heterocycles. The highest BCUT2D eigenvalue weighted by molar-refractivity contribution is 6.01. The first-order valence-electron chi connectivity index (χ1n) is 12.0. The Morgan fingerprint density at radius 2 is 1.94 bits per heavy atom. The number of benzene rings is 1. The zero-order valence-electron chi connectivity index (χ0n) is 19.6. The first-order chi connectivity index (χ1) is 15.8. The Kier molecular flexibility index (Phi) is 6.91. The number of carbonyl (C=O) groups is 2. The fourth-order valence-electron chi connectivity index (χ4n) is 4.89. The second-order valence-corrected chi connectivity index (χ2v) is 9.81. The summed E-state index contributed by atoms with van der Waals surface area (Å²) in [6.07, 6.45) is 6.62. The number of rotatable bonds is 8. The van der Waals surface area contributed by atoms with Crippen molar-refractivity contribution in [3.05, 3.63) is 35.5 Å². The molecule has 2 aliphatic carbocycles. The fourth-order valence-corrected chi connectivity index (χ4v) is 4.89. The molecule has 4 rings (SSSR count). The van der Waals surface area contributed by atoms with E-state index in [0.717, 1.165) is 30.6 Å². The summed E-state index contributed by atoms with van der Waals surface area (Å²) in [5.41, 5.74) is 3.31. The maximum absolute atomic E-state index is 12.8. The number of carboxylic acids is 1. The van der Waals surface area contributed by atoms with E-state index in [1.165, 1.54) is 19.3 Å². The van der Waals surface area contributed by atoms with E-state index >= 15 is 0 Å². The number of nitrogens with zero attached hydrogens (tertiary/aromatic N) is 2. The molecule has 8 heteroatoms. The molecule has 1 unspecified atom stereocenters. The Hall–Kier alpha value is -3.03. The van der Waals surface area contributed by atoms with Crippen LogP contribution < -0.4 is 15.5 Å². The number of anilines is 3. The molecule has 1 aromatic heterocycles. The molecule has 2 aromatic rings. The minimum Gasteiger partial charge on any atom is -0.481 e. The number of hydrogen-bond donors (Lipinski definition) is 3. The second kappa shape index (κ2) is 9.85. The first-order valence-corrected chi connectivity index (χ1v) is 12.0. The van der Waals surface area contributed by atoms with Gasteiger partial charge in [-0.1, -0.05) is 44.3 Å². The Labute approximate surface area is 194 Å². The van der Waals surface area contributed by atoms with Crippen LogP contribution in [0.5, 0.6) is 0 Å². The number of hydrogen-bond acceptors (Lipinski definition) is 5. The van der Waals surface area contributed by atoms with E-state index in [1.807, 2.05) is 12.1 Å². The molecule has 33 heavy (non-hydrogen) atoms. The zero-order valence-corrected chi connectivity index (χ0v) is 19.6. The van der Waals surface area contributed by atoms with Gasteiger partial charge in [0.2, 0.25) is 5.88 Å². The molecule has 2 aliphatic rings.